The highest BCUT2D eigenvalue weighted by atomic mass is 79.9. The quantitative estimate of drug-likeness (QED) is 0.784. The third kappa shape index (κ3) is 6.73. The molecule has 2 aromatic carbocycles. The monoisotopic (exact) mass is 396 g/mol. The third-order valence-corrected chi connectivity index (χ3v) is 3.95. The number of benzene rings is 2. The van der Waals surface area contributed by atoms with Crippen molar-refractivity contribution in [2.45, 2.75) is 31.8 Å². The molecular formula is C18H22BrClN2O. The van der Waals surface area contributed by atoms with Crippen molar-refractivity contribution in [3.05, 3.63) is 70.2 Å². The van der Waals surface area contributed by atoms with Crippen molar-refractivity contribution < 1.29 is 4.79 Å². The summed E-state index contributed by atoms with van der Waals surface area (Å²) in [6.07, 6.45) is 1.33. The van der Waals surface area contributed by atoms with E-state index in [1.807, 2.05) is 49.4 Å². The van der Waals surface area contributed by atoms with E-state index in [0.717, 1.165) is 16.5 Å². The Morgan fingerprint density at radius 3 is 2.39 bits per heavy atom. The molecule has 2 aromatic rings. The van der Waals surface area contributed by atoms with Crippen LogP contribution in [0.1, 0.15) is 18.1 Å². The summed E-state index contributed by atoms with van der Waals surface area (Å²) in [5, 5.41) is 2.99. The van der Waals surface area contributed by atoms with Crippen molar-refractivity contribution >= 4 is 34.2 Å². The van der Waals surface area contributed by atoms with Crippen LogP contribution in [0.2, 0.25) is 0 Å². The van der Waals surface area contributed by atoms with E-state index in [0.29, 0.717) is 6.42 Å². The van der Waals surface area contributed by atoms with Gasteiger partial charge in [0.25, 0.3) is 0 Å². The molecular weight excluding hydrogens is 376 g/mol. The average Bonchev–Trinajstić information content (AvgIpc) is 2.48. The molecule has 1 unspecified atom stereocenters. The summed E-state index contributed by atoms with van der Waals surface area (Å²) in [6.45, 7) is 1.99. The molecule has 0 bridgehead atoms. The van der Waals surface area contributed by atoms with E-state index in [-0.39, 0.29) is 24.4 Å². The number of hydrogen-bond acceptors (Lipinski definition) is 2. The Morgan fingerprint density at radius 1 is 1.09 bits per heavy atom. The minimum Gasteiger partial charge on any atom is -0.352 e. The molecule has 5 heteroatoms. The van der Waals surface area contributed by atoms with Gasteiger partial charge in [-0.05, 0) is 43.0 Å². The molecule has 3 N–H and O–H groups in total. The van der Waals surface area contributed by atoms with Crippen molar-refractivity contribution in [2.24, 2.45) is 5.73 Å². The number of nitrogens with two attached hydrogens (primary N) is 1. The Balaban J connectivity index is 0.00000264. The zero-order chi connectivity index (χ0) is 15.9. The number of hydrogen-bond donors (Lipinski definition) is 2. The largest absolute Gasteiger partial charge is 0.352 e. The SMILES string of the molecule is CC(Cc1cccc(Br)c1)NC(=O)[C@@H](N)Cc1ccccc1.Cl. The van der Waals surface area contributed by atoms with E-state index in [2.05, 4.69) is 33.4 Å². The molecule has 0 saturated heterocycles. The summed E-state index contributed by atoms with van der Waals surface area (Å²) >= 11 is 3.46. The van der Waals surface area contributed by atoms with Crippen LogP contribution in [0.15, 0.2) is 59.1 Å². The van der Waals surface area contributed by atoms with Crippen molar-refractivity contribution in [1.29, 1.82) is 0 Å². The van der Waals surface area contributed by atoms with Gasteiger partial charge in [0.05, 0.1) is 6.04 Å². The lowest BCUT2D eigenvalue weighted by Crippen LogP contribution is -2.46. The van der Waals surface area contributed by atoms with E-state index in [9.17, 15) is 4.79 Å². The fourth-order valence-electron chi connectivity index (χ4n) is 2.38. The number of amides is 1. The predicted octanol–water partition coefficient (Wildman–Crippen LogP) is 3.49. The smallest absolute Gasteiger partial charge is 0.237 e. The van der Waals surface area contributed by atoms with Crippen molar-refractivity contribution in [1.82, 2.24) is 5.32 Å². The maximum atomic E-state index is 12.2. The summed E-state index contributed by atoms with van der Waals surface area (Å²) in [5.74, 6) is -0.105. The Morgan fingerprint density at radius 2 is 1.74 bits per heavy atom. The van der Waals surface area contributed by atoms with Crippen molar-refractivity contribution in [2.75, 3.05) is 0 Å². The molecule has 1 amide bonds. The second-order valence-corrected chi connectivity index (χ2v) is 6.46. The van der Waals surface area contributed by atoms with Crippen molar-refractivity contribution in [3.8, 4) is 0 Å². The van der Waals surface area contributed by atoms with E-state index < -0.39 is 6.04 Å². The van der Waals surface area contributed by atoms with Gasteiger partial charge in [-0.3, -0.25) is 4.79 Å². The van der Waals surface area contributed by atoms with Gasteiger partial charge in [0.2, 0.25) is 5.91 Å². The minimum atomic E-state index is -0.521. The highest BCUT2D eigenvalue weighted by molar-refractivity contribution is 9.10. The number of rotatable bonds is 6. The Bertz CT molecular complexity index is 621. The lowest BCUT2D eigenvalue weighted by molar-refractivity contribution is -0.122. The van der Waals surface area contributed by atoms with Crippen LogP contribution in [0.3, 0.4) is 0 Å². The van der Waals surface area contributed by atoms with Gasteiger partial charge in [0.15, 0.2) is 0 Å². The molecule has 3 nitrogen and oxygen atoms in total. The van der Waals surface area contributed by atoms with Gasteiger partial charge in [-0.1, -0.05) is 58.4 Å². The van der Waals surface area contributed by atoms with Crippen molar-refractivity contribution in [3.63, 3.8) is 0 Å². The van der Waals surface area contributed by atoms with Gasteiger partial charge in [-0.25, -0.2) is 0 Å². The number of carbonyl (C=O) groups excluding carboxylic acids is 1. The molecule has 124 valence electrons. The first kappa shape index (κ1) is 19.7. The van der Waals surface area contributed by atoms with Crippen LogP contribution in [0.25, 0.3) is 0 Å². The zero-order valence-electron chi connectivity index (χ0n) is 13.0. The van der Waals surface area contributed by atoms with Crippen LogP contribution in [0, 0.1) is 0 Å². The van der Waals surface area contributed by atoms with Gasteiger partial charge in [-0.2, -0.15) is 0 Å². The standard InChI is InChI=1S/C18H21BrN2O.ClH/c1-13(10-15-8-5-9-16(19)11-15)21-18(22)17(20)12-14-6-3-2-4-7-14;/h2-9,11,13,17H,10,12,20H2,1H3,(H,21,22);1H/t13?,17-;/m0./s1. The van der Waals surface area contributed by atoms with Gasteiger partial charge in [0, 0.05) is 10.5 Å². The Hall–Kier alpha value is -1.36. The van der Waals surface area contributed by atoms with Gasteiger partial charge >= 0.3 is 0 Å². The summed E-state index contributed by atoms with van der Waals surface area (Å²) < 4.78 is 1.05. The Kier molecular flexibility index (Phi) is 8.31. The van der Waals surface area contributed by atoms with E-state index >= 15 is 0 Å². The summed E-state index contributed by atoms with van der Waals surface area (Å²) in [7, 11) is 0. The Labute approximate surface area is 152 Å². The molecule has 0 saturated carbocycles. The second kappa shape index (κ2) is 9.71. The number of nitrogens with one attached hydrogen (secondary N) is 1. The molecule has 0 heterocycles. The lowest BCUT2D eigenvalue weighted by atomic mass is 10.0. The fraction of sp³-hybridized carbons (Fsp3) is 0.278. The van der Waals surface area contributed by atoms with Crippen LogP contribution in [-0.2, 0) is 17.6 Å². The molecule has 2 rings (SSSR count). The maximum Gasteiger partial charge on any atom is 0.237 e. The van der Waals surface area contributed by atoms with Crippen LogP contribution < -0.4 is 11.1 Å². The molecule has 23 heavy (non-hydrogen) atoms. The normalized spacial score (nSPS) is 12.8. The second-order valence-electron chi connectivity index (χ2n) is 5.54. The summed E-state index contributed by atoms with van der Waals surface area (Å²) in [5.41, 5.74) is 8.25. The molecule has 0 radical (unpaired) electrons. The van der Waals surface area contributed by atoms with Gasteiger partial charge < -0.3 is 11.1 Å². The molecule has 0 aliphatic rings. The zero-order valence-corrected chi connectivity index (χ0v) is 15.4. The van der Waals surface area contributed by atoms with Gasteiger partial charge in [-0.15, -0.1) is 12.4 Å². The minimum absolute atomic E-state index is 0. The first-order valence-corrected chi connectivity index (χ1v) is 8.18. The first-order chi connectivity index (χ1) is 10.5. The van der Waals surface area contributed by atoms with Crippen LogP contribution >= 0.6 is 28.3 Å². The maximum absolute atomic E-state index is 12.2. The molecule has 0 spiro atoms. The number of halogens is 2. The number of carbonyl (C=O) groups is 1. The predicted molar refractivity (Wildman–Crippen MR) is 101 cm³/mol. The van der Waals surface area contributed by atoms with E-state index in [1.165, 1.54) is 5.56 Å². The van der Waals surface area contributed by atoms with E-state index in [1.54, 1.807) is 0 Å². The topological polar surface area (TPSA) is 55.1 Å². The average molecular weight is 398 g/mol. The third-order valence-electron chi connectivity index (χ3n) is 3.45. The van der Waals surface area contributed by atoms with E-state index in [4.69, 9.17) is 5.73 Å². The first-order valence-electron chi connectivity index (χ1n) is 7.39. The highest BCUT2D eigenvalue weighted by Crippen LogP contribution is 2.13. The molecule has 0 fully saturated rings. The molecule has 0 aromatic heterocycles. The lowest BCUT2D eigenvalue weighted by Gasteiger charge is -2.18. The van der Waals surface area contributed by atoms with Crippen LogP contribution in [0.4, 0.5) is 0 Å². The summed E-state index contributed by atoms with van der Waals surface area (Å²) in [6, 6.07) is 17.5. The molecule has 0 aliphatic heterocycles. The summed E-state index contributed by atoms with van der Waals surface area (Å²) in [4.78, 5) is 12.2. The molecule has 0 aliphatic carbocycles. The van der Waals surface area contributed by atoms with Gasteiger partial charge in [0.1, 0.15) is 0 Å². The van der Waals surface area contributed by atoms with Crippen LogP contribution in [0.5, 0.6) is 0 Å². The highest BCUT2D eigenvalue weighted by Gasteiger charge is 2.16. The molecule has 2 atom stereocenters. The van der Waals surface area contributed by atoms with Crippen LogP contribution in [-0.4, -0.2) is 18.0 Å². The fourth-order valence-corrected chi connectivity index (χ4v) is 2.83.